The van der Waals surface area contributed by atoms with E-state index in [1.54, 1.807) is 33.4 Å². The van der Waals surface area contributed by atoms with Crippen molar-refractivity contribution in [2.24, 2.45) is 0 Å². The SMILES string of the molecule is O=C(CNCCCCCCc1ccc(C(F)(F)F)cc1)N1CCc2nc(SC3CCC3)n(-c3ccccc3)c(=O)c2C1. The number of hydrogen-bond donors (Lipinski definition) is 1. The molecule has 0 spiro atoms. The Morgan fingerprint density at radius 3 is 2.43 bits per heavy atom. The van der Waals surface area contributed by atoms with E-state index in [9.17, 15) is 22.8 Å². The summed E-state index contributed by atoms with van der Waals surface area (Å²) in [5.74, 6) is -0.0264. The topological polar surface area (TPSA) is 67.2 Å². The van der Waals surface area contributed by atoms with Crippen molar-refractivity contribution in [3.63, 3.8) is 0 Å². The molecule has 0 saturated heterocycles. The summed E-state index contributed by atoms with van der Waals surface area (Å²) < 4.78 is 39.8. The van der Waals surface area contributed by atoms with Gasteiger partial charge in [0.2, 0.25) is 5.91 Å². The molecule has 2 heterocycles. The Balaban J connectivity index is 1.07. The lowest BCUT2D eigenvalue weighted by atomic mass is 10.0. The molecule has 1 aromatic heterocycles. The standard InChI is InChI=1S/C32H37F3N4O2S/c33-32(34,35)24-16-14-23(15-17-24)9-4-1-2-7-19-36-21-29(40)38-20-18-28-27(22-38)30(41)39(25-10-5-3-6-11-25)31(37-28)42-26-12-8-13-26/h3,5-6,10-11,14-17,26,36H,1-2,4,7-9,12-13,18-22H2. The second-order valence-corrected chi connectivity index (χ2v) is 12.3. The molecule has 3 aromatic rings. The van der Waals surface area contributed by atoms with Crippen molar-refractivity contribution in [2.45, 2.75) is 80.9 Å². The Bertz CT molecular complexity index is 1410. The van der Waals surface area contributed by atoms with Gasteiger partial charge in [0.25, 0.3) is 5.56 Å². The maximum Gasteiger partial charge on any atom is 0.416 e. The summed E-state index contributed by atoms with van der Waals surface area (Å²) in [6, 6.07) is 15.0. The second-order valence-electron chi connectivity index (χ2n) is 11.1. The summed E-state index contributed by atoms with van der Waals surface area (Å²) in [5, 5.41) is 4.47. The highest BCUT2D eigenvalue weighted by Gasteiger charge is 2.30. The highest BCUT2D eigenvalue weighted by atomic mass is 32.2. The zero-order chi connectivity index (χ0) is 29.5. The number of hydrogen-bond acceptors (Lipinski definition) is 5. The van der Waals surface area contributed by atoms with Crippen LogP contribution in [0.15, 0.2) is 64.5 Å². The number of thioether (sulfide) groups is 1. The predicted molar refractivity (Wildman–Crippen MR) is 159 cm³/mol. The number of benzene rings is 2. The summed E-state index contributed by atoms with van der Waals surface area (Å²) in [7, 11) is 0. The number of alkyl halides is 3. The van der Waals surface area contributed by atoms with Crippen molar-refractivity contribution in [3.8, 4) is 5.69 Å². The summed E-state index contributed by atoms with van der Waals surface area (Å²) in [6.07, 6.45) is 4.30. The third-order valence-corrected chi connectivity index (χ3v) is 9.31. The fourth-order valence-electron chi connectivity index (χ4n) is 5.29. The first-order valence-electron chi connectivity index (χ1n) is 14.8. The van der Waals surface area contributed by atoms with Crippen molar-refractivity contribution in [1.29, 1.82) is 0 Å². The second kappa shape index (κ2) is 13.9. The Labute approximate surface area is 248 Å². The third-order valence-electron chi connectivity index (χ3n) is 8.02. The third kappa shape index (κ3) is 7.64. The summed E-state index contributed by atoms with van der Waals surface area (Å²) in [4.78, 5) is 33.4. The van der Waals surface area contributed by atoms with Gasteiger partial charge in [0.1, 0.15) is 0 Å². The summed E-state index contributed by atoms with van der Waals surface area (Å²) in [6.45, 7) is 1.75. The van der Waals surface area contributed by atoms with Gasteiger partial charge in [-0.3, -0.25) is 14.2 Å². The van der Waals surface area contributed by atoms with E-state index in [0.29, 0.717) is 30.3 Å². The lowest BCUT2D eigenvalue weighted by molar-refractivity contribution is -0.137. The smallest absolute Gasteiger partial charge is 0.337 e. The molecule has 5 rings (SSSR count). The quantitative estimate of drug-likeness (QED) is 0.200. The Hall–Kier alpha value is -3.11. The first kappa shape index (κ1) is 30.4. The van der Waals surface area contributed by atoms with E-state index in [0.717, 1.165) is 79.2 Å². The number of halogens is 3. The van der Waals surface area contributed by atoms with Gasteiger partial charge in [0.05, 0.1) is 35.6 Å². The van der Waals surface area contributed by atoms with Gasteiger partial charge >= 0.3 is 6.18 Å². The molecule has 1 saturated carbocycles. The number of aromatic nitrogens is 2. The molecule has 0 unspecified atom stereocenters. The average molecular weight is 599 g/mol. The maximum atomic E-state index is 13.7. The number of amides is 1. The molecular weight excluding hydrogens is 561 g/mol. The molecule has 224 valence electrons. The van der Waals surface area contributed by atoms with Crippen LogP contribution in [0.2, 0.25) is 0 Å². The molecule has 1 amide bonds. The molecule has 2 aliphatic rings. The van der Waals surface area contributed by atoms with Crippen LogP contribution in [0.25, 0.3) is 5.69 Å². The first-order chi connectivity index (χ1) is 20.3. The lowest BCUT2D eigenvalue weighted by Gasteiger charge is -2.30. The Morgan fingerprint density at radius 1 is 1.00 bits per heavy atom. The molecule has 1 N–H and O–H groups in total. The highest BCUT2D eigenvalue weighted by Crippen LogP contribution is 2.36. The van der Waals surface area contributed by atoms with Gasteiger partial charge in [0.15, 0.2) is 5.16 Å². The van der Waals surface area contributed by atoms with Crippen LogP contribution >= 0.6 is 11.8 Å². The van der Waals surface area contributed by atoms with Gasteiger partial charge in [-0.15, -0.1) is 0 Å². The van der Waals surface area contributed by atoms with E-state index in [4.69, 9.17) is 4.98 Å². The number of unbranched alkanes of at least 4 members (excludes halogenated alkanes) is 3. The van der Waals surface area contributed by atoms with Crippen LogP contribution in [0.1, 0.15) is 67.3 Å². The molecule has 1 fully saturated rings. The first-order valence-corrected chi connectivity index (χ1v) is 15.7. The number of carbonyl (C=O) groups excluding carboxylic acids is 1. The van der Waals surface area contributed by atoms with Crippen molar-refractivity contribution in [2.75, 3.05) is 19.6 Å². The molecule has 10 heteroatoms. The van der Waals surface area contributed by atoms with Crippen LogP contribution in [0.5, 0.6) is 0 Å². The minimum atomic E-state index is -4.30. The van der Waals surface area contributed by atoms with E-state index in [2.05, 4.69) is 5.32 Å². The van der Waals surface area contributed by atoms with Crippen LogP contribution < -0.4 is 10.9 Å². The molecule has 6 nitrogen and oxygen atoms in total. The average Bonchev–Trinajstić information content (AvgIpc) is 2.96. The van der Waals surface area contributed by atoms with E-state index >= 15 is 0 Å². The van der Waals surface area contributed by atoms with Crippen LogP contribution in [-0.4, -0.2) is 45.2 Å². The minimum absolute atomic E-state index is 0.0264. The van der Waals surface area contributed by atoms with E-state index in [1.807, 2.05) is 30.3 Å². The molecule has 1 aliphatic carbocycles. The van der Waals surface area contributed by atoms with Gasteiger partial charge in [-0.05, 0) is 68.5 Å². The van der Waals surface area contributed by atoms with Gasteiger partial charge in [-0.2, -0.15) is 13.2 Å². The zero-order valence-corrected chi connectivity index (χ0v) is 24.5. The zero-order valence-electron chi connectivity index (χ0n) is 23.7. The molecule has 1 aliphatic heterocycles. The molecule has 0 bridgehead atoms. The largest absolute Gasteiger partial charge is 0.416 e. The molecular formula is C32H37F3N4O2S. The molecule has 0 radical (unpaired) electrons. The van der Waals surface area contributed by atoms with Gasteiger partial charge in [-0.25, -0.2) is 4.98 Å². The van der Waals surface area contributed by atoms with Gasteiger partial charge in [-0.1, -0.05) is 61.4 Å². The summed E-state index contributed by atoms with van der Waals surface area (Å²) in [5.41, 5.74) is 2.41. The summed E-state index contributed by atoms with van der Waals surface area (Å²) >= 11 is 1.69. The van der Waals surface area contributed by atoms with Crippen molar-refractivity contribution in [3.05, 3.63) is 87.3 Å². The fraction of sp³-hybridized carbons (Fsp3) is 0.469. The number of nitrogens with zero attached hydrogens (tertiary/aromatic N) is 3. The van der Waals surface area contributed by atoms with E-state index < -0.39 is 11.7 Å². The normalized spacial score (nSPS) is 15.4. The Kier molecular flexibility index (Phi) is 10.1. The van der Waals surface area contributed by atoms with Crippen LogP contribution in [0.4, 0.5) is 13.2 Å². The van der Waals surface area contributed by atoms with E-state index in [-0.39, 0.29) is 24.6 Å². The number of rotatable bonds is 12. The van der Waals surface area contributed by atoms with Crippen LogP contribution in [-0.2, 0) is 30.4 Å². The fourth-order valence-corrected chi connectivity index (χ4v) is 6.61. The van der Waals surface area contributed by atoms with Crippen molar-refractivity contribution < 1.29 is 18.0 Å². The highest BCUT2D eigenvalue weighted by molar-refractivity contribution is 7.99. The van der Waals surface area contributed by atoms with Crippen LogP contribution in [0.3, 0.4) is 0 Å². The lowest BCUT2D eigenvalue weighted by Crippen LogP contribution is -2.44. The number of fused-ring (bicyclic) bond motifs is 1. The van der Waals surface area contributed by atoms with Crippen molar-refractivity contribution >= 4 is 17.7 Å². The molecule has 0 atom stereocenters. The van der Waals surface area contributed by atoms with E-state index in [1.165, 1.54) is 6.42 Å². The van der Waals surface area contributed by atoms with Crippen LogP contribution in [0, 0.1) is 0 Å². The molecule has 2 aromatic carbocycles. The Morgan fingerprint density at radius 2 is 1.74 bits per heavy atom. The van der Waals surface area contributed by atoms with Crippen molar-refractivity contribution in [1.82, 2.24) is 19.8 Å². The number of para-hydroxylation sites is 1. The minimum Gasteiger partial charge on any atom is -0.337 e. The van der Waals surface area contributed by atoms with Gasteiger partial charge < -0.3 is 10.2 Å². The molecule has 42 heavy (non-hydrogen) atoms. The maximum absolute atomic E-state index is 13.7. The monoisotopic (exact) mass is 598 g/mol. The number of nitrogens with one attached hydrogen (secondary N) is 1. The van der Waals surface area contributed by atoms with Gasteiger partial charge in [0, 0.05) is 18.2 Å². The number of carbonyl (C=O) groups is 1. The predicted octanol–water partition coefficient (Wildman–Crippen LogP) is 6.17. The number of aryl methyl sites for hydroxylation is 1.